The number of carbonyl (C=O) groups excluding carboxylic acids is 2. The summed E-state index contributed by atoms with van der Waals surface area (Å²) in [6.07, 6.45) is 10.4. The molecule has 0 saturated heterocycles. The molecule has 0 aromatic rings. The number of thioether (sulfide) groups is 1. The first kappa shape index (κ1) is 16.5. The minimum absolute atomic E-state index is 0.0466. The maximum Gasteiger partial charge on any atom is 0.213 e. The van der Waals surface area contributed by atoms with Crippen LogP contribution in [-0.4, -0.2) is 15.6 Å². The van der Waals surface area contributed by atoms with E-state index in [-0.39, 0.29) is 15.6 Å². The molecular formula is C16H26O2S. The van der Waals surface area contributed by atoms with Crippen LogP contribution in [0, 0.1) is 0 Å². The molecule has 1 rings (SSSR count). The fourth-order valence-corrected chi connectivity index (χ4v) is 3.72. The Bertz CT molecular complexity index is 360. The number of hydrogen-bond donors (Lipinski definition) is 0. The summed E-state index contributed by atoms with van der Waals surface area (Å²) in [6, 6.07) is 0. The SMILES string of the molecule is CCCCCCCCC1(C)SC(=O)C=C1C(=O)CC. The molecule has 0 fully saturated rings. The fourth-order valence-electron chi connectivity index (χ4n) is 2.57. The van der Waals surface area contributed by atoms with Gasteiger partial charge in [0.1, 0.15) is 0 Å². The van der Waals surface area contributed by atoms with Crippen molar-refractivity contribution >= 4 is 22.7 Å². The zero-order chi connectivity index (χ0) is 14.3. The standard InChI is InChI=1S/C16H26O2S/c1-4-6-7-8-9-10-11-16(3)13(14(17)5-2)12-15(18)19-16/h12H,4-11H2,1-3H3. The minimum Gasteiger partial charge on any atom is -0.295 e. The van der Waals surface area contributed by atoms with Gasteiger partial charge in [0.05, 0.1) is 0 Å². The summed E-state index contributed by atoms with van der Waals surface area (Å²) in [5.74, 6) is 0.131. The normalized spacial score (nSPS) is 22.7. The van der Waals surface area contributed by atoms with Gasteiger partial charge in [-0.1, -0.05) is 64.1 Å². The lowest BCUT2D eigenvalue weighted by molar-refractivity contribution is -0.115. The van der Waals surface area contributed by atoms with Gasteiger partial charge in [-0.05, 0) is 13.3 Å². The molecule has 0 spiro atoms. The van der Waals surface area contributed by atoms with Crippen molar-refractivity contribution in [2.45, 2.75) is 76.9 Å². The first-order valence-corrected chi connectivity index (χ1v) is 8.33. The topological polar surface area (TPSA) is 34.1 Å². The minimum atomic E-state index is -0.269. The third-order valence-corrected chi connectivity index (χ3v) is 4.98. The number of unbranched alkanes of at least 4 members (excludes halogenated alkanes) is 5. The predicted octanol–water partition coefficient (Wildman–Crippen LogP) is 4.67. The van der Waals surface area contributed by atoms with E-state index in [9.17, 15) is 9.59 Å². The number of carbonyl (C=O) groups is 2. The Labute approximate surface area is 121 Å². The monoisotopic (exact) mass is 282 g/mol. The van der Waals surface area contributed by atoms with Crippen molar-refractivity contribution in [1.82, 2.24) is 0 Å². The maximum absolute atomic E-state index is 11.9. The predicted molar refractivity (Wildman–Crippen MR) is 82.4 cm³/mol. The molecule has 0 N–H and O–H groups in total. The Hall–Kier alpha value is -0.570. The van der Waals surface area contributed by atoms with E-state index >= 15 is 0 Å². The molecule has 108 valence electrons. The Balaban J connectivity index is 2.44. The molecule has 1 atom stereocenters. The average molecular weight is 282 g/mol. The summed E-state index contributed by atoms with van der Waals surface area (Å²) in [7, 11) is 0. The third kappa shape index (κ3) is 4.79. The number of rotatable bonds is 9. The van der Waals surface area contributed by atoms with Crippen LogP contribution in [0.25, 0.3) is 0 Å². The fraction of sp³-hybridized carbons (Fsp3) is 0.750. The van der Waals surface area contributed by atoms with Crippen LogP contribution in [0.3, 0.4) is 0 Å². The largest absolute Gasteiger partial charge is 0.295 e. The van der Waals surface area contributed by atoms with E-state index in [4.69, 9.17) is 0 Å². The highest BCUT2D eigenvalue weighted by molar-refractivity contribution is 8.15. The molecule has 1 unspecified atom stereocenters. The lowest BCUT2D eigenvalue weighted by atomic mass is 9.90. The van der Waals surface area contributed by atoms with Crippen molar-refractivity contribution in [2.75, 3.05) is 0 Å². The highest BCUT2D eigenvalue weighted by atomic mass is 32.2. The van der Waals surface area contributed by atoms with E-state index in [1.807, 2.05) is 13.8 Å². The molecule has 0 radical (unpaired) electrons. The molecule has 0 bridgehead atoms. The summed E-state index contributed by atoms with van der Waals surface area (Å²) < 4.78 is -0.269. The quantitative estimate of drug-likeness (QED) is 0.576. The van der Waals surface area contributed by atoms with Crippen molar-refractivity contribution in [1.29, 1.82) is 0 Å². The molecule has 1 heterocycles. The second-order valence-electron chi connectivity index (χ2n) is 5.50. The van der Waals surface area contributed by atoms with Crippen LogP contribution >= 0.6 is 11.8 Å². The van der Waals surface area contributed by atoms with Crippen LogP contribution < -0.4 is 0 Å². The van der Waals surface area contributed by atoms with Gasteiger partial charge < -0.3 is 0 Å². The molecule has 2 nitrogen and oxygen atoms in total. The Morgan fingerprint density at radius 1 is 1.16 bits per heavy atom. The van der Waals surface area contributed by atoms with Crippen LogP contribution in [0.15, 0.2) is 11.6 Å². The summed E-state index contributed by atoms with van der Waals surface area (Å²) in [4.78, 5) is 23.5. The smallest absolute Gasteiger partial charge is 0.213 e. The van der Waals surface area contributed by atoms with Gasteiger partial charge in [-0.3, -0.25) is 9.59 Å². The van der Waals surface area contributed by atoms with Crippen molar-refractivity contribution in [3.05, 3.63) is 11.6 Å². The second-order valence-corrected chi connectivity index (χ2v) is 7.01. The summed E-state index contributed by atoms with van der Waals surface area (Å²) >= 11 is 1.34. The number of ketones is 1. The number of Topliss-reactive ketones (excluding diaryl/α,β-unsaturated/α-hetero) is 1. The zero-order valence-electron chi connectivity index (χ0n) is 12.5. The highest BCUT2D eigenvalue weighted by Gasteiger charge is 2.39. The molecule has 1 aliphatic heterocycles. The van der Waals surface area contributed by atoms with Gasteiger partial charge >= 0.3 is 0 Å². The van der Waals surface area contributed by atoms with Crippen LogP contribution in [0.4, 0.5) is 0 Å². The number of hydrogen-bond acceptors (Lipinski definition) is 3. The lowest BCUT2D eigenvalue weighted by Crippen LogP contribution is -2.25. The van der Waals surface area contributed by atoms with Crippen molar-refractivity contribution < 1.29 is 9.59 Å². The van der Waals surface area contributed by atoms with E-state index in [0.717, 1.165) is 18.4 Å². The molecule has 19 heavy (non-hydrogen) atoms. The first-order chi connectivity index (χ1) is 9.03. The van der Waals surface area contributed by atoms with Crippen molar-refractivity contribution in [3.63, 3.8) is 0 Å². The highest BCUT2D eigenvalue weighted by Crippen LogP contribution is 2.44. The van der Waals surface area contributed by atoms with Gasteiger partial charge in [-0.2, -0.15) is 0 Å². The Morgan fingerprint density at radius 3 is 2.42 bits per heavy atom. The van der Waals surface area contributed by atoms with Gasteiger partial charge in [0.25, 0.3) is 0 Å². The average Bonchev–Trinajstić information content (AvgIpc) is 2.68. The third-order valence-electron chi connectivity index (χ3n) is 3.79. The molecule has 3 heteroatoms. The second kappa shape index (κ2) is 7.88. The van der Waals surface area contributed by atoms with E-state index in [2.05, 4.69) is 6.92 Å². The summed E-state index contributed by atoms with van der Waals surface area (Å²) in [6.45, 7) is 6.13. The van der Waals surface area contributed by atoms with E-state index in [1.54, 1.807) is 6.08 Å². The zero-order valence-corrected chi connectivity index (χ0v) is 13.3. The van der Waals surface area contributed by atoms with Crippen LogP contribution in [0.5, 0.6) is 0 Å². The van der Waals surface area contributed by atoms with Gasteiger partial charge in [-0.15, -0.1) is 0 Å². The van der Waals surface area contributed by atoms with Gasteiger partial charge in [-0.25, -0.2) is 0 Å². The van der Waals surface area contributed by atoms with Gasteiger partial charge in [0.2, 0.25) is 5.12 Å². The first-order valence-electron chi connectivity index (χ1n) is 7.52. The van der Waals surface area contributed by atoms with Crippen molar-refractivity contribution in [3.8, 4) is 0 Å². The Morgan fingerprint density at radius 2 is 1.79 bits per heavy atom. The molecule has 0 aromatic carbocycles. The molecule has 0 saturated carbocycles. The molecule has 0 aromatic heterocycles. The van der Waals surface area contributed by atoms with Crippen LogP contribution in [-0.2, 0) is 9.59 Å². The molecule has 0 aliphatic carbocycles. The van der Waals surface area contributed by atoms with Gasteiger partial charge in [0.15, 0.2) is 5.78 Å². The summed E-state index contributed by atoms with van der Waals surface area (Å²) in [5.41, 5.74) is 0.749. The van der Waals surface area contributed by atoms with Crippen LogP contribution in [0.1, 0.15) is 72.1 Å². The van der Waals surface area contributed by atoms with E-state index < -0.39 is 0 Å². The molecule has 1 aliphatic rings. The van der Waals surface area contributed by atoms with E-state index in [0.29, 0.717) is 6.42 Å². The lowest BCUT2D eigenvalue weighted by Gasteiger charge is -2.25. The Kier molecular flexibility index (Phi) is 6.84. The van der Waals surface area contributed by atoms with Crippen molar-refractivity contribution in [2.24, 2.45) is 0 Å². The maximum atomic E-state index is 11.9. The van der Waals surface area contributed by atoms with E-state index in [1.165, 1.54) is 43.9 Å². The molecule has 0 amide bonds. The molecular weight excluding hydrogens is 256 g/mol. The summed E-state index contributed by atoms with van der Waals surface area (Å²) in [5, 5.41) is 0.0466. The van der Waals surface area contributed by atoms with Gasteiger partial charge in [0, 0.05) is 22.8 Å². The van der Waals surface area contributed by atoms with Crippen LogP contribution in [0.2, 0.25) is 0 Å².